The first-order chi connectivity index (χ1) is 10.5. The Morgan fingerprint density at radius 1 is 1.09 bits per heavy atom. The van der Waals surface area contributed by atoms with Crippen molar-refractivity contribution in [2.45, 2.75) is 18.9 Å². The molecule has 0 aromatic heterocycles. The van der Waals surface area contributed by atoms with E-state index in [2.05, 4.69) is 11.8 Å². The van der Waals surface area contributed by atoms with Crippen LogP contribution in [-0.4, -0.2) is 22.3 Å². The number of hydrogen-bond acceptors (Lipinski definition) is 2. The summed E-state index contributed by atoms with van der Waals surface area (Å²) < 4.78 is 0. The first-order valence-corrected chi connectivity index (χ1v) is 7.09. The van der Waals surface area contributed by atoms with Crippen molar-refractivity contribution in [1.29, 1.82) is 0 Å². The van der Waals surface area contributed by atoms with Crippen LogP contribution in [0.1, 0.15) is 22.6 Å². The number of aliphatic carboxylic acids is 1. The molecule has 22 heavy (non-hydrogen) atoms. The third kappa shape index (κ3) is 4.11. The van der Waals surface area contributed by atoms with Gasteiger partial charge < -0.3 is 10.2 Å². The normalized spacial score (nSPS) is 12.9. The van der Waals surface area contributed by atoms with E-state index in [1.807, 2.05) is 31.2 Å². The van der Waals surface area contributed by atoms with E-state index in [-0.39, 0.29) is 0 Å². The average Bonchev–Trinajstić information content (AvgIpc) is 2.48. The molecule has 4 heteroatoms. The molecule has 112 valence electrons. The van der Waals surface area contributed by atoms with Gasteiger partial charge in [-0.05, 0) is 36.8 Å². The molecular weight excluding hydrogens is 300 g/mol. The number of rotatable bonds is 3. The zero-order chi connectivity index (χ0) is 16.1. The minimum absolute atomic E-state index is 0.461. The molecule has 0 bridgehead atoms. The van der Waals surface area contributed by atoms with Gasteiger partial charge in [0.2, 0.25) is 0 Å². The van der Waals surface area contributed by atoms with Crippen LogP contribution >= 0.6 is 11.6 Å². The van der Waals surface area contributed by atoms with Crippen LogP contribution in [-0.2, 0) is 4.79 Å². The fourth-order valence-electron chi connectivity index (χ4n) is 2.01. The first kappa shape index (κ1) is 16.1. The number of aryl methyl sites for hydroxylation is 1. The van der Waals surface area contributed by atoms with Gasteiger partial charge in [0.1, 0.15) is 12.0 Å². The molecule has 0 saturated carbocycles. The second kappa shape index (κ2) is 7.13. The van der Waals surface area contributed by atoms with Crippen molar-refractivity contribution in [3.05, 3.63) is 70.2 Å². The van der Waals surface area contributed by atoms with E-state index in [0.717, 1.165) is 11.1 Å². The summed E-state index contributed by atoms with van der Waals surface area (Å²) in [5.74, 6) is 3.16. The van der Waals surface area contributed by atoms with Crippen molar-refractivity contribution >= 4 is 17.6 Å². The van der Waals surface area contributed by atoms with Gasteiger partial charge in [-0.15, -0.1) is 0 Å². The van der Waals surface area contributed by atoms with E-state index in [1.54, 1.807) is 24.3 Å². The molecular formula is C18H15ClO3. The average molecular weight is 315 g/mol. The molecule has 0 aliphatic rings. The van der Waals surface area contributed by atoms with E-state index in [0.29, 0.717) is 10.6 Å². The quantitative estimate of drug-likeness (QED) is 0.855. The second-order valence-electron chi connectivity index (χ2n) is 4.95. The van der Waals surface area contributed by atoms with Gasteiger partial charge in [0.25, 0.3) is 0 Å². The Balaban J connectivity index is 2.24. The molecule has 0 heterocycles. The molecule has 2 atom stereocenters. The Kier molecular flexibility index (Phi) is 5.21. The molecule has 3 nitrogen and oxygen atoms in total. The largest absolute Gasteiger partial charge is 0.481 e. The number of aliphatic hydroxyl groups is 1. The molecule has 2 aromatic carbocycles. The Morgan fingerprint density at radius 3 is 2.23 bits per heavy atom. The summed E-state index contributed by atoms with van der Waals surface area (Å²) in [6.45, 7) is 1.97. The molecule has 2 aromatic rings. The summed E-state index contributed by atoms with van der Waals surface area (Å²) in [5.41, 5.74) is 2.29. The maximum Gasteiger partial charge on any atom is 0.314 e. The lowest BCUT2D eigenvalue weighted by Gasteiger charge is -2.15. The van der Waals surface area contributed by atoms with E-state index in [9.17, 15) is 15.0 Å². The summed E-state index contributed by atoms with van der Waals surface area (Å²) in [7, 11) is 0. The van der Waals surface area contributed by atoms with Crippen LogP contribution in [0, 0.1) is 18.8 Å². The van der Waals surface area contributed by atoms with Crippen LogP contribution in [0.2, 0.25) is 5.02 Å². The molecule has 2 N–H and O–H groups in total. The highest BCUT2D eigenvalue weighted by molar-refractivity contribution is 6.30. The number of aliphatic hydroxyl groups excluding tert-OH is 1. The molecule has 0 fully saturated rings. The van der Waals surface area contributed by atoms with E-state index < -0.39 is 18.0 Å². The molecule has 2 rings (SSSR count). The van der Waals surface area contributed by atoms with Crippen molar-refractivity contribution in [3.63, 3.8) is 0 Å². The van der Waals surface area contributed by atoms with Crippen LogP contribution in [0.4, 0.5) is 0 Å². The maximum atomic E-state index is 11.4. The number of carbonyl (C=O) groups is 1. The van der Waals surface area contributed by atoms with Gasteiger partial charge in [-0.3, -0.25) is 4.79 Å². The van der Waals surface area contributed by atoms with E-state index in [4.69, 9.17) is 11.6 Å². The van der Waals surface area contributed by atoms with Crippen LogP contribution in [0.15, 0.2) is 48.5 Å². The predicted octanol–water partition coefficient (Wildman–Crippen LogP) is 3.23. The molecule has 0 spiro atoms. The summed E-state index contributed by atoms with van der Waals surface area (Å²) >= 11 is 5.79. The second-order valence-corrected chi connectivity index (χ2v) is 5.38. The van der Waals surface area contributed by atoms with Crippen LogP contribution in [0.5, 0.6) is 0 Å². The monoisotopic (exact) mass is 314 g/mol. The maximum absolute atomic E-state index is 11.4. The van der Waals surface area contributed by atoms with Crippen molar-refractivity contribution in [1.82, 2.24) is 0 Å². The van der Waals surface area contributed by atoms with Gasteiger partial charge in [-0.1, -0.05) is 53.3 Å². The van der Waals surface area contributed by atoms with Crippen LogP contribution in [0.3, 0.4) is 0 Å². The van der Waals surface area contributed by atoms with Crippen LogP contribution in [0.25, 0.3) is 0 Å². The first-order valence-electron chi connectivity index (χ1n) is 6.72. The number of carboxylic acid groups (broad SMARTS) is 1. The van der Waals surface area contributed by atoms with Crippen molar-refractivity contribution in [2.24, 2.45) is 0 Å². The molecule has 0 aliphatic heterocycles. The zero-order valence-corrected chi connectivity index (χ0v) is 12.7. The molecule has 0 aliphatic carbocycles. The third-order valence-corrected chi connectivity index (χ3v) is 3.48. The highest BCUT2D eigenvalue weighted by Gasteiger charge is 2.27. The van der Waals surface area contributed by atoms with Gasteiger partial charge in [0.15, 0.2) is 0 Å². The minimum atomic E-state index is -1.31. The molecule has 0 saturated heterocycles. The Labute approximate surface area is 134 Å². The summed E-state index contributed by atoms with van der Waals surface area (Å²) in [4.78, 5) is 11.4. The Hall–Kier alpha value is -2.28. The zero-order valence-electron chi connectivity index (χ0n) is 12.0. The fourth-order valence-corrected chi connectivity index (χ4v) is 2.13. The molecule has 0 radical (unpaired) electrons. The summed E-state index contributed by atoms with van der Waals surface area (Å²) in [6, 6.07) is 13.8. The highest BCUT2D eigenvalue weighted by Crippen LogP contribution is 2.22. The lowest BCUT2D eigenvalue weighted by atomic mass is 9.93. The smallest absolute Gasteiger partial charge is 0.314 e. The van der Waals surface area contributed by atoms with Gasteiger partial charge in [-0.2, -0.15) is 0 Å². The minimum Gasteiger partial charge on any atom is -0.481 e. The lowest BCUT2D eigenvalue weighted by molar-refractivity contribution is -0.140. The number of hydrogen-bond donors (Lipinski definition) is 2. The summed E-state index contributed by atoms with van der Waals surface area (Å²) in [6.07, 6.45) is -1.31. The standard InChI is InChI=1S/C18H15ClO3/c1-12-2-4-13(5-3-12)6-11-16(20)17(18(21)22)14-7-9-15(19)10-8-14/h2-5,7-10,16-17,20H,1H3,(H,21,22)/t16-,17-/m1/s1. The Bertz CT molecular complexity index is 709. The van der Waals surface area contributed by atoms with Crippen molar-refractivity contribution in [3.8, 4) is 11.8 Å². The highest BCUT2D eigenvalue weighted by atomic mass is 35.5. The van der Waals surface area contributed by atoms with Gasteiger partial charge in [-0.25, -0.2) is 0 Å². The fraction of sp³-hybridized carbons (Fsp3) is 0.167. The molecule has 0 amide bonds. The summed E-state index contributed by atoms with van der Waals surface area (Å²) in [5, 5.41) is 20.0. The number of halogens is 1. The SMILES string of the molecule is Cc1ccc(C#C[C@@H](O)[C@H](C(=O)O)c2ccc(Cl)cc2)cc1. The van der Waals surface area contributed by atoms with E-state index >= 15 is 0 Å². The van der Waals surface area contributed by atoms with Gasteiger partial charge in [0.05, 0.1) is 0 Å². The van der Waals surface area contributed by atoms with E-state index in [1.165, 1.54) is 0 Å². The van der Waals surface area contributed by atoms with Crippen molar-refractivity contribution < 1.29 is 15.0 Å². The third-order valence-electron chi connectivity index (χ3n) is 3.23. The van der Waals surface area contributed by atoms with Gasteiger partial charge in [0, 0.05) is 10.6 Å². The van der Waals surface area contributed by atoms with Gasteiger partial charge >= 0.3 is 5.97 Å². The Morgan fingerprint density at radius 2 is 1.68 bits per heavy atom. The van der Waals surface area contributed by atoms with Crippen LogP contribution < -0.4 is 0 Å². The lowest BCUT2D eigenvalue weighted by Crippen LogP contribution is -2.24. The predicted molar refractivity (Wildman–Crippen MR) is 85.9 cm³/mol. The topological polar surface area (TPSA) is 57.5 Å². The number of benzene rings is 2. The molecule has 0 unspecified atom stereocenters. The number of carboxylic acids is 1. The van der Waals surface area contributed by atoms with Crippen molar-refractivity contribution in [2.75, 3.05) is 0 Å².